The van der Waals surface area contributed by atoms with Crippen LogP contribution in [0.5, 0.6) is 0 Å². The highest BCUT2D eigenvalue weighted by Crippen LogP contribution is 2.39. The molecule has 0 aromatic carbocycles. The molecule has 0 aliphatic heterocycles. The Morgan fingerprint density at radius 1 is 1.16 bits per heavy atom. The van der Waals surface area contributed by atoms with Crippen molar-refractivity contribution in [1.29, 1.82) is 0 Å². The Kier molecular flexibility index (Phi) is 7.13. The summed E-state index contributed by atoms with van der Waals surface area (Å²) in [5, 5.41) is 3.65. The summed E-state index contributed by atoms with van der Waals surface area (Å²) >= 11 is 0. The Morgan fingerprint density at radius 3 is 2.37 bits per heavy atom. The van der Waals surface area contributed by atoms with Gasteiger partial charge in [-0.1, -0.05) is 33.3 Å². The molecule has 0 heterocycles. The van der Waals surface area contributed by atoms with Crippen LogP contribution in [0.15, 0.2) is 12.2 Å². The zero-order valence-electron chi connectivity index (χ0n) is 13.8. The number of allylic oxidation sites excluding steroid dienone is 1. The van der Waals surface area contributed by atoms with E-state index < -0.39 is 0 Å². The highest BCUT2D eigenvalue weighted by molar-refractivity contribution is 4.91. The third-order valence-electron chi connectivity index (χ3n) is 4.85. The lowest BCUT2D eigenvalue weighted by Gasteiger charge is -2.38. The average molecular weight is 265 g/mol. The van der Waals surface area contributed by atoms with Crippen LogP contribution in [0, 0.1) is 23.7 Å². The number of rotatable bonds is 7. The molecular formula is C18H35N. The van der Waals surface area contributed by atoms with Crippen LogP contribution in [0.4, 0.5) is 0 Å². The molecule has 19 heavy (non-hydrogen) atoms. The maximum Gasteiger partial charge on any atom is 0.00104 e. The molecule has 1 rings (SSSR count). The van der Waals surface area contributed by atoms with Crippen LogP contribution >= 0.6 is 0 Å². The molecule has 1 N–H and O–H groups in total. The monoisotopic (exact) mass is 265 g/mol. The Balaban J connectivity index is 2.54. The van der Waals surface area contributed by atoms with E-state index >= 15 is 0 Å². The summed E-state index contributed by atoms with van der Waals surface area (Å²) in [6, 6.07) is 0.615. The van der Waals surface area contributed by atoms with Gasteiger partial charge in [0.2, 0.25) is 0 Å². The second-order valence-electron chi connectivity index (χ2n) is 7.40. The largest absolute Gasteiger partial charge is 0.314 e. The van der Waals surface area contributed by atoms with Gasteiger partial charge in [0.15, 0.2) is 0 Å². The van der Waals surface area contributed by atoms with Gasteiger partial charge in [0.25, 0.3) is 0 Å². The second kappa shape index (κ2) is 8.09. The van der Waals surface area contributed by atoms with Crippen molar-refractivity contribution < 1.29 is 0 Å². The lowest BCUT2D eigenvalue weighted by molar-refractivity contribution is 0.136. The first-order valence-corrected chi connectivity index (χ1v) is 8.27. The molecule has 0 radical (unpaired) electrons. The fourth-order valence-corrected chi connectivity index (χ4v) is 3.41. The van der Waals surface area contributed by atoms with Gasteiger partial charge >= 0.3 is 0 Å². The van der Waals surface area contributed by atoms with Gasteiger partial charge in [0.1, 0.15) is 0 Å². The molecule has 0 amide bonds. The zero-order valence-corrected chi connectivity index (χ0v) is 13.8. The van der Waals surface area contributed by atoms with Crippen molar-refractivity contribution in [1.82, 2.24) is 5.32 Å². The summed E-state index contributed by atoms with van der Waals surface area (Å²) in [6.07, 6.45) is 6.86. The molecule has 1 aliphatic carbocycles. The maximum absolute atomic E-state index is 4.08. The van der Waals surface area contributed by atoms with E-state index in [9.17, 15) is 0 Å². The molecule has 0 aromatic heterocycles. The van der Waals surface area contributed by atoms with Gasteiger partial charge in [-0.2, -0.15) is 0 Å². The molecule has 0 aromatic rings. The molecule has 1 aliphatic rings. The predicted molar refractivity (Wildman–Crippen MR) is 86.3 cm³/mol. The van der Waals surface area contributed by atoms with Crippen molar-refractivity contribution in [2.24, 2.45) is 23.7 Å². The van der Waals surface area contributed by atoms with Crippen LogP contribution in [0.3, 0.4) is 0 Å². The summed E-state index contributed by atoms with van der Waals surface area (Å²) < 4.78 is 0. The van der Waals surface area contributed by atoms with E-state index in [4.69, 9.17) is 0 Å². The highest BCUT2D eigenvalue weighted by Gasteiger charge is 2.31. The van der Waals surface area contributed by atoms with Crippen molar-refractivity contribution >= 4 is 0 Å². The van der Waals surface area contributed by atoms with Crippen molar-refractivity contribution in [3.8, 4) is 0 Å². The van der Waals surface area contributed by atoms with Crippen LogP contribution in [0.25, 0.3) is 0 Å². The van der Waals surface area contributed by atoms with Crippen molar-refractivity contribution in [3.05, 3.63) is 12.2 Å². The summed E-state index contributed by atoms with van der Waals surface area (Å²) in [4.78, 5) is 0. The summed E-state index contributed by atoms with van der Waals surface area (Å²) in [7, 11) is 0. The summed E-state index contributed by atoms with van der Waals surface area (Å²) in [5.74, 6) is 3.60. The number of nitrogens with one attached hydrogen (secondary N) is 1. The Morgan fingerprint density at radius 2 is 1.84 bits per heavy atom. The Labute approximate surface area is 121 Å². The minimum atomic E-state index is 0.615. The number of hydrogen-bond acceptors (Lipinski definition) is 1. The predicted octanol–water partition coefficient (Wildman–Crippen LogP) is 5.03. The summed E-state index contributed by atoms with van der Waals surface area (Å²) in [6.45, 7) is 16.8. The topological polar surface area (TPSA) is 12.0 Å². The first kappa shape index (κ1) is 16.8. The lowest BCUT2D eigenvalue weighted by Crippen LogP contribution is -2.36. The fraction of sp³-hybridized carbons (Fsp3) is 0.889. The van der Waals surface area contributed by atoms with E-state index in [0.29, 0.717) is 6.04 Å². The van der Waals surface area contributed by atoms with E-state index in [1.807, 2.05) is 0 Å². The lowest BCUT2D eigenvalue weighted by atomic mass is 9.69. The van der Waals surface area contributed by atoms with Gasteiger partial charge in [-0.05, 0) is 69.2 Å². The molecule has 1 nitrogen and oxygen atoms in total. The Bertz CT molecular complexity index is 267. The quantitative estimate of drug-likeness (QED) is 0.637. The maximum atomic E-state index is 4.08. The van der Waals surface area contributed by atoms with E-state index in [1.165, 1.54) is 44.2 Å². The molecule has 112 valence electrons. The first-order valence-electron chi connectivity index (χ1n) is 8.27. The SMILES string of the molecule is C=C(C)CCC1CC(C(C)C)CCC1CNC(C)C. The summed E-state index contributed by atoms with van der Waals surface area (Å²) in [5.41, 5.74) is 1.35. The van der Waals surface area contributed by atoms with Crippen molar-refractivity contribution in [2.75, 3.05) is 6.54 Å². The smallest absolute Gasteiger partial charge is 0.00104 e. The molecule has 3 atom stereocenters. The van der Waals surface area contributed by atoms with Gasteiger partial charge in [0, 0.05) is 6.04 Å². The molecule has 1 saturated carbocycles. The van der Waals surface area contributed by atoms with Crippen LogP contribution < -0.4 is 5.32 Å². The fourth-order valence-electron chi connectivity index (χ4n) is 3.41. The minimum Gasteiger partial charge on any atom is -0.314 e. The molecular weight excluding hydrogens is 230 g/mol. The standard InChI is InChI=1S/C18H35N/c1-13(2)7-8-17-11-16(14(3)4)9-10-18(17)12-19-15(5)6/h14-19H,1,7-12H2,2-6H3. The van der Waals surface area contributed by atoms with Crippen molar-refractivity contribution in [2.45, 2.75) is 72.8 Å². The average Bonchev–Trinajstić information content (AvgIpc) is 2.33. The van der Waals surface area contributed by atoms with Gasteiger partial charge in [-0.15, -0.1) is 6.58 Å². The van der Waals surface area contributed by atoms with E-state index in [1.54, 1.807) is 0 Å². The molecule has 0 saturated heterocycles. The Hall–Kier alpha value is -0.300. The molecule has 1 fully saturated rings. The number of hydrogen-bond donors (Lipinski definition) is 1. The first-order chi connectivity index (χ1) is 8.90. The van der Waals surface area contributed by atoms with Gasteiger partial charge in [0.05, 0.1) is 0 Å². The third kappa shape index (κ3) is 6.12. The van der Waals surface area contributed by atoms with Gasteiger partial charge in [-0.25, -0.2) is 0 Å². The van der Waals surface area contributed by atoms with Gasteiger partial charge < -0.3 is 5.32 Å². The van der Waals surface area contributed by atoms with Crippen LogP contribution in [-0.2, 0) is 0 Å². The normalized spacial score (nSPS) is 28.1. The van der Waals surface area contributed by atoms with E-state index in [2.05, 4.69) is 46.5 Å². The third-order valence-corrected chi connectivity index (χ3v) is 4.85. The van der Waals surface area contributed by atoms with E-state index in [0.717, 1.165) is 23.7 Å². The van der Waals surface area contributed by atoms with Crippen molar-refractivity contribution in [3.63, 3.8) is 0 Å². The molecule has 3 unspecified atom stereocenters. The molecule has 0 spiro atoms. The van der Waals surface area contributed by atoms with Crippen LogP contribution in [-0.4, -0.2) is 12.6 Å². The molecule has 0 bridgehead atoms. The van der Waals surface area contributed by atoms with Gasteiger partial charge in [-0.3, -0.25) is 0 Å². The van der Waals surface area contributed by atoms with E-state index in [-0.39, 0.29) is 0 Å². The second-order valence-corrected chi connectivity index (χ2v) is 7.40. The zero-order chi connectivity index (χ0) is 14.4. The highest BCUT2D eigenvalue weighted by atomic mass is 14.9. The molecule has 1 heteroatoms. The minimum absolute atomic E-state index is 0.615. The van der Waals surface area contributed by atoms with Crippen LogP contribution in [0.2, 0.25) is 0 Å². The van der Waals surface area contributed by atoms with Crippen LogP contribution in [0.1, 0.15) is 66.7 Å².